The van der Waals surface area contributed by atoms with Crippen LogP contribution in [0.2, 0.25) is 0 Å². The van der Waals surface area contributed by atoms with Gasteiger partial charge in [0.05, 0.1) is 12.9 Å². The molecular weight excluding hydrogens is 336 g/mol. The number of aryl methyl sites for hydroxylation is 2. The molecule has 3 rings (SSSR count). The molecule has 1 amide bonds. The molecule has 2 aromatic carbocycles. The van der Waals surface area contributed by atoms with Crippen molar-refractivity contribution in [2.75, 3.05) is 5.32 Å². The van der Waals surface area contributed by atoms with E-state index >= 15 is 0 Å². The lowest BCUT2D eigenvalue weighted by molar-refractivity contribution is -0.116. The molecule has 25 heavy (non-hydrogen) atoms. The van der Waals surface area contributed by atoms with Gasteiger partial charge >= 0.3 is 0 Å². The Bertz CT molecular complexity index is 763. The van der Waals surface area contributed by atoms with E-state index in [2.05, 4.69) is 39.8 Å². The molecule has 0 fully saturated rings. The minimum atomic E-state index is 0.0279. The average molecular weight is 356 g/mol. The SMILES string of the molecule is O=C1CCc2ccc(OC(CCCc3ccccc3)=NOS)cc2N1. The van der Waals surface area contributed by atoms with Gasteiger partial charge in [-0.15, -0.1) is 0 Å². The zero-order valence-corrected chi connectivity index (χ0v) is 14.7. The first-order valence-electron chi connectivity index (χ1n) is 8.26. The fourth-order valence-electron chi connectivity index (χ4n) is 2.80. The predicted octanol–water partition coefficient (Wildman–Crippen LogP) is 4.15. The second-order valence-electron chi connectivity index (χ2n) is 5.88. The van der Waals surface area contributed by atoms with E-state index in [1.54, 1.807) is 0 Å². The quantitative estimate of drug-likeness (QED) is 0.269. The highest BCUT2D eigenvalue weighted by atomic mass is 32.1. The van der Waals surface area contributed by atoms with Gasteiger partial charge in [-0.05, 0) is 41.6 Å². The Kier molecular flexibility index (Phi) is 5.95. The minimum absolute atomic E-state index is 0.0279. The van der Waals surface area contributed by atoms with Gasteiger partial charge in [-0.25, -0.2) is 0 Å². The third-order valence-electron chi connectivity index (χ3n) is 4.05. The van der Waals surface area contributed by atoms with Crippen LogP contribution in [0.25, 0.3) is 0 Å². The number of anilines is 1. The van der Waals surface area contributed by atoms with E-state index in [9.17, 15) is 4.79 Å². The summed E-state index contributed by atoms with van der Waals surface area (Å²) in [5.41, 5.74) is 3.18. The summed E-state index contributed by atoms with van der Waals surface area (Å²) in [6, 6.07) is 15.9. The van der Waals surface area contributed by atoms with E-state index in [0.717, 1.165) is 30.5 Å². The summed E-state index contributed by atoms with van der Waals surface area (Å²) in [5.74, 6) is 1.10. The molecule has 1 aliphatic heterocycles. The lowest BCUT2D eigenvalue weighted by atomic mass is 10.0. The zero-order chi connectivity index (χ0) is 17.5. The number of benzene rings is 2. The van der Waals surface area contributed by atoms with Crippen molar-refractivity contribution < 1.29 is 13.8 Å². The van der Waals surface area contributed by atoms with Crippen molar-refractivity contribution in [3.05, 3.63) is 59.7 Å². The molecule has 0 atom stereocenters. The number of hydrogen-bond acceptors (Lipinski definition) is 5. The maximum Gasteiger partial charge on any atom is 0.232 e. The molecule has 6 heteroatoms. The maximum absolute atomic E-state index is 11.5. The molecule has 1 N–H and O–H groups in total. The van der Waals surface area contributed by atoms with Crippen molar-refractivity contribution in [2.45, 2.75) is 32.1 Å². The first-order valence-corrected chi connectivity index (χ1v) is 8.63. The molecule has 0 bridgehead atoms. The summed E-state index contributed by atoms with van der Waals surface area (Å²) in [6.45, 7) is 0. The van der Waals surface area contributed by atoms with Crippen LogP contribution in [0.3, 0.4) is 0 Å². The van der Waals surface area contributed by atoms with E-state index in [-0.39, 0.29) is 5.91 Å². The van der Waals surface area contributed by atoms with Gasteiger partial charge in [-0.3, -0.25) is 4.79 Å². The van der Waals surface area contributed by atoms with Gasteiger partial charge in [0.1, 0.15) is 5.75 Å². The Hall–Kier alpha value is -2.47. The van der Waals surface area contributed by atoms with Crippen LogP contribution in [0.4, 0.5) is 5.69 Å². The molecule has 0 aliphatic carbocycles. The lowest BCUT2D eigenvalue weighted by Crippen LogP contribution is -2.19. The highest BCUT2D eigenvalue weighted by Crippen LogP contribution is 2.27. The minimum Gasteiger partial charge on any atom is -0.440 e. The molecule has 1 aliphatic rings. The zero-order valence-electron chi connectivity index (χ0n) is 13.8. The van der Waals surface area contributed by atoms with Crippen LogP contribution < -0.4 is 10.1 Å². The summed E-state index contributed by atoms with van der Waals surface area (Å²) in [4.78, 5) is 11.5. The number of carbonyl (C=O) groups is 1. The molecule has 0 saturated carbocycles. The molecular formula is C19H20N2O3S. The largest absolute Gasteiger partial charge is 0.440 e. The van der Waals surface area contributed by atoms with Crippen molar-refractivity contribution in [3.63, 3.8) is 0 Å². The number of nitrogens with one attached hydrogen (secondary N) is 1. The normalized spacial score (nSPS) is 13.8. The second kappa shape index (κ2) is 8.58. The highest BCUT2D eigenvalue weighted by molar-refractivity contribution is 7.75. The Labute approximate surface area is 152 Å². The van der Waals surface area contributed by atoms with Crippen LogP contribution in [0, 0.1) is 0 Å². The monoisotopic (exact) mass is 356 g/mol. The van der Waals surface area contributed by atoms with Gasteiger partial charge < -0.3 is 14.3 Å². The van der Waals surface area contributed by atoms with Crippen LogP contribution >= 0.6 is 12.9 Å². The molecule has 130 valence electrons. The Balaban J connectivity index is 1.61. The van der Waals surface area contributed by atoms with Gasteiger partial charge in [0, 0.05) is 24.6 Å². The first kappa shape index (κ1) is 17.4. The second-order valence-corrected chi connectivity index (χ2v) is 6.04. The standard InChI is InChI=1S/C19H20N2O3S/c22-18-12-10-15-9-11-16(13-17(15)20-18)23-19(21-24-25)8-4-7-14-5-2-1-3-6-14/h1-3,5-6,9,11,13,25H,4,7-8,10,12H2,(H,20,22). The van der Waals surface area contributed by atoms with E-state index in [1.165, 1.54) is 5.56 Å². The highest BCUT2D eigenvalue weighted by Gasteiger charge is 2.16. The molecule has 0 aromatic heterocycles. The van der Waals surface area contributed by atoms with Gasteiger partial charge in [-0.2, -0.15) is 0 Å². The third kappa shape index (κ3) is 5.00. The fourth-order valence-corrected chi connectivity index (χ4v) is 2.89. The molecule has 0 unspecified atom stereocenters. The van der Waals surface area contributed by atoms with E-state index < -0.39 is 0 Å². The molecule has 2 aromatic rings. The number of oxime groups is 1. The number of thiol groups is 1. The van der Waals surface area contributed by atoms with Crippen molar-refractivity contribution >= 4 is 30.4 Å². The van der Waals surface area contributed by atoms with Crippen molar-refractivity contribution in [2.24, 2.45) is 5.16 Å². The number of rotatable bonds is 6. The number of hydrogen-bond donors (Lipinski definition) is 2. The van der Waals surface area contributed by atoms with Crippen molar-refractivity contribution in [1.29, 1.82) is 0 Å². The summed E-state index contributed by atoms with van der Waals surface area (Å²) < 4.78 is 10.4. The van der Waals surface area contributed by atoms with E-state index in [0.29, 0.717) is 24.5 Å². The van der Waals surface area contributed by atoms with Gasteiger partial charge in [0.15, 0.2) is 0 Å². The van der Waals surface area contributed by atoms with Crippen LogP contribution in [-0.2, 0) is 21.9 Å². The van der Waals surface area contributed by atoms with Crippen molar-refractivity contribution in [3.8, 4) is 5.75 Å². The number of amides is 1. The third-order valence-corrected chi connectivity index (χ3v) is 4.14. The number of carbonyl (C=O) groups excluding carboxylic acids is 1. The maximum atomic E-state index is 11.5. The Morgan fingerprint density at radius 1 is 1.16 bits per heavy atom. The first-order chi connectivity index (χ1) is 12.2. The fraction of sp³-hybridized carbons (Fsp3) is 0.263. The van der Waals surface area contributed by atoms with Crippen molar-refractivity contribution in [1.82, 2.24) is 0 Å². The summed E-state index contributed by atoms with van der Waals surface area (Å²) >= 11 is 3.68. The molecule has 0 saturated heterocycles. The van der Waals surface area contributed by atoms with Gasteiger partial charge in [-0.1, -0.05) is 36.4 Å². The van der Waals surface area contributed by atoms with Crippen LogP contribution in [-0.4, -0.2) is 11.8 Å². The number of fused-ring (bicyclic) bond motifs is 1. The average Bonchev–Trinajstić information content (AvgIpc) is 2.62. The smallest absolute Gasteiger partial charge is 0.232 e. The molecule has 1 heterocycles. The Morgan fingerprint density at radius 3 is 2.80 bits per heavy atom. The Morgan fingerprint density at radius 2 is 2.00 bits per heavy atom. The lowest BCUT2D eigenvalue weighted by Gasteiger charge is -2.17. The van der Waals surface area contributed by atoms with Crippen LogP contribution in [0.1, 0.15) is 30.4 Å². The topological polar surface area (TPSA) is 59.9 Å². The van der Waals surface area contributed by atoms with E-state index in [1.807, 2.05) is 36.4 Å². The van der Waals surface area contributed by atoms with Gasteiger partial charge in [0.2, 0.25) is 11.8 Å². The molecule has 0 spiro atoms. The van der Waals surface area contributed by atoms with Crippen LogP contribution in [0.15, 0.2) is 53.7 Å². The van der Waals surface area contributed by atoms with Crippen LogP contribution in [0.5, 0.6) is 5.75 Å². The summed E-state index contributed by atoms with van der Waals surface area (Å²) in [5, 5.41) is 6.71. The molecule has 5 nitrogen and oxygen atoms in total. The molecule has 0 radical (unpaired) electrons. The number of nitrogens with zero attached hydrogens (tertiary/aromatic N) is 1. The van der Waals surface area contributed by atoms with E-state index in [4.69, 9.17) is 4.74 Å². The van der Waals surface area contributed by atoms with Gasteiger partial charge in [0.25, 0.3) is 0 Å². The summed E-state index contributed by atoms with van der Waals surface area (Å²) in [6.07, 6.45) is 3.70. The predicted molar refractivity (Wildman–Crippen MR) is 101 cm³/mol. The number of ether oxygens (including phenoxy) is 1. The summed E-state index contributed by atoms with van der Waals surface area (Å²) in [7, 11) is 0.